The van der Waals surface area contributed by atoms with Crippen LogP contribution >= 0.6 is 11.6 Å². The van der Waals surface area contributed by atoms with Crippen molar-refractivity contribution < 1.29 is 9.53 Å². The monoisotopic (exact) mass is 248 g/mol. The first-order valence-corrected chi connectivity index (χ1v) is 6.92. The van der Waals surface area contributed by atoms with Gasteiger partial charge in [-0.1, -0.05) is 39.5 Å². The van der Waals surface area contributed by atoms with Crippen LogP contribution in [0, 0.1) is 5.92 Å². The summed E-state index contributed by atoms with van der Waals surface area (Å²) in [5.41, 5.74) is 0. The van der Waals surface area contributed by atoms with Crippen molar-refractivity contribution in [3.05, 3.63) is 0 Å². The van der Waals surface area contributed by atoms with Crippen LogP contribution in [0.15, 0.2) is 0 Å². The first kappa shape index (κ1) is 15.8. The van der Waals surface area contributed by atoms with Crippen LogP contribution in [0.3, 0.4) is 0 Å². The van der Waals surface area contributed by atoms with Gasteiger partial charge in [-0.15, -0.1) is 11.6 Å². The minimum absolute atomic E-state index is 0.00178. The molecule has 0 amide bonds. The maximum absolute atomic E-state index is 11.0. The van der Waals surface area contributed by atoms with Crippen molar-refractivity contribution in [1.82, 2.24) is 0 Å². The molecule has 16 heavy (non-hydrogen) atoms. The van der Waals surface area contributed by atoms with E-state index in [1.807, 2.05) is 6.92 Å². The number of carbonyl (C=O) groups is 1. The molecule has 0 aromatic rings. The van der Waals surface area contributed by atoms with E-state index in [9.17, 15) is 4.79 Å². The van der Waals surface area contributed by atoms with Gasteiger partial charge in [0.2, 0.25) is 0 Å². The quantitative estimate of drug-likeness (QED) is 0.453. The topological polar surface area (TPSA) is 26.3 Å². The molecule has 0 saturated carbocycles. The molecule has 0 bridgehead atoms. The summed E-state index contributed by atoms with van der Waals surface area (Å²) in [7, 11) is 0. The van der Waals surface area contributed by atoms with E-state index in [0.717, 1.165) is 18.8 Å². The molecule has 0 radical (unpaired) electrons. The van der Waals surface area contributed by atoms with E-state index in [2.05, 4.69) is 13.8 Å². The first-order chi connectivity index (χ1) is 7.63. The Kier molecular flexibility index (Phi) is 9.80. The van der Waals surface area contributed by atoms with Gasteiger partial charge in [0.1, 0.15) is 5.88 Å². The summed E-state index contributed by atoms with van der Waals surface area (Å²) in [5.74, 6) is 0.421. The van der Waals surface area contributed by atoms with Gasteiger partial charge in [-0.2, -0.15) is 0 Å². The Morgan fingerprint density at radius 2 is 1.94 bits per heavy atom. The summed E-state index contributed by atoms with van der Waals surface area (Å²) in [6, 6.07) is 0. The van der Waals surface area contributed by atoms with Crippen molar-refractivity contribution in [2.24, 2.45) is 5.92 Å². The Labute approximate surface area is 105 Å². The molecule has 0 aliphatic heterocycles. The molecular formula is C13H25ClO2. The number of ether oxygens (including phenoxy) is 1. The predicted octanol–water partition coefficient (Wildman–Crippen LogP) is 4.15. The third-order valence-corrected chi connectivity index (χ3v) is 3.18. The summed E-state index contributed by atoms with van der Waals surface area (Å²) in [4.78, 5) is 11.0. The molecule has 0 aliphatic carbocycles. The maximum atomic E-state index is 11.0. The molecule has 2 nitrogen and oxygen atoms in total. The lowest BCUT2D eigenvalue weighted by Gasteiger charge is -2.17. The molecule has 96 valence electrons. The summed E-state index contributed by atoms with van der Waals surface area (Å²) in [6.45, 7) is 6.39. The van der Waals surface area contributed by atoms with Gasteiger partial charge in [-0.05, 0) is 25.7 Å². The molecule has 0 aliphatic rings. The highest BCUT2D eigenvalue weighted by molar-refractivity contribution is 6.26. The second kappa shape index (κ2) is 9.95. The van der Waals surface area contributed by atoms with Crippen molar-refractivity contribution in [3.8, 4) is 0 Å². The SMILES string of the molecule is CCCCC(CC)CCC(C)OC(=O)CCl. The lowest BCUT2D eigenvalue weighted by Crippen LogP contribution is -2.17. The van der Waals surface area contributed by atoms with E-state index in [1.165, 1.54) is 25.7 Å². The highest BCUT2D eigenvalue weighted by Gasteiger charge is 2.11. The Morgan fingerprint density at radius 3 is 2.44 bits per heavy atom. The normalized spacial score (nSPS) is 14.5. The zero-order chi connectivity index (χ0) is 12.4. The third-order valence-electron chi connectivity index (χ3n) is 2.97. The number of rotatable bonds is 9. The molecule has 0 aromatic carbocycles. The van der Waals surface area contributed by atoms with Crippen molar-refractivity contribution in [2.45, 2.75) is 65.4 Å². The number of carbonyl (C=O) groups excluding carboxylic acids is 1. The molecule has 0 heterocycles. The Bertz CT molecular complexity index is 183. The van der Waals surface area contributed by atoms with E-state index in [4.69, 9.17) is 16.3 Å². The van der Waals surface area contributed by atoms with Gasteiger partial charge in [-0.25, -0.2) is 0 Å². The van der Waals surface area contributed by atoms with Crippen LogP contribution in [0.5, 0.6) is 0 Å². The number of halogens is 1. The summed E-state index contributed by atoms with van der Waals surface area (Å²) < 4.78 is 5.13. The van der Waals surface area contributed by atoms with Gasteiger partial charge in [0.25, 0.3) is 0 Å². The van der Waals surface area contributed by atoms with Gasteiger partial charge in [0.15, 0.2) is 0 Å². The molecule has 3 heteroatoms. The van der Waals surface area contributed by atoms with Crippen molar-refractivity contribution >= 4 is 17.6 Å². The fourth-order valence-electron chi connectivity index (χ4n) is 1.83. The second-order valence-corrected chi connectivity index (χ2v) is 4.70. The van der Waals surface area contributed by atoms with Gasteiger partial charge >= 0.3 is 5.97 Å². The van der Waals surface area contributed by atoms with Gasteiger partial charge < -0.3 is 4.74 Å². The largest absolute Gasteiger partial charge is 0.462 e. The highest BCUT2D eigenvalue weighted by atomic mass is 35.5. The summed E-state index contributed by atoms with van der Waals surface area (Å²) >= 11 is 5.38. The van der Waals surface area contributed by atoms with E-state index in [0.29, 0.717) is 0 Å². The second-order valence-electron chi connectivity index (χ2n) is 4.43. The maximum Gasteiger partial charge on any atom is 0.321 e. The van der Waals surface area contributed by atoms with Crippen LogP contribution in [-0.4, -0.2) is 18.0 Å². The van der Waals surface area contributed by atoms with Gasteiger partial charge in [0.05, 0.1) is 6.10 Å². The molecule has 0 rings (SSSR count). The zero-order valence-corrected chi connectivity index (χ0v) is 11.6. The number of hydrogen-bond donors (Lipinski definition) is 0. The molecule has 0 spiro atoms. The average Bonchev–Trinajstić information content (AvgIpc) is 2.29. The first-order valence-electron chi connectivity index (χ1n) is 6.39. The van der Waals surface area contributed by atoms with E-state index >= 15 is 0 Å². The van der Waals surface area contributed by atoms with Crippen molar-refractivity contribution in [2.75, 3.05) is 5.88 Å². The van der Waals surface area contributed by atoms with Crippen LogP contribution in [-0.2, 0) is 9.53 Å². The number of alkyl halides is 1. The van der Waals surface area contributed by atoms with Crippen LogP contribution in [0.1, 0.15) is 59.3 Å². The fraction of sp³-hybridized carbons (Fsp3) is 0.923. The van der Waals surface area contributed by atoms with Crippen molar-refractivity contribution in [1.29, 1.82) is 0 Å². The lowest BCUT2D eigenvalue weighted by atomic mass is 9.93. The Hall–Kier alpha value is -0.240. The lowest BCUT2D eigenvalue weighted by molar-refractivity contribution is -0.145. The Morgan fingerprint density at radius 1 is 1.25 bits per heavy atom. The van der Waals surface area contributed by atoms with Crippen LogP contribution in [0.2, 0.25) is 0 Å². The third kappa shape index (κ3) is 7.98. The molecule has 2 atom stereocenters. The highest BCUT2D eigenvalue weighted by Crippen LogP contribution is 2.20. The van der Waals surface area contributed by atoms with Gasteiger partial charge in [-0.3, -0.25) is 4.79 Å². The smallest absolute Gasteiger partial charge is 0.321 e. The average molecular weight is 249 g/mol. The Balaban J connectivity index is 3.69. The van der Waals surface area contributed by atoms with Gasteiger partial charge in [0, 0.05) is 0 Å². The van der Waals surface area contributed by atoms with E-state index in [1.54, 1.807) is 0 Å². The van der Waals surface area contributed by atoms with Crippen LogP contribution in [0.25, 0.3) is 0 Å². The van der Waals surface area contributed by atoms with Crippen LogP contribution in [0.4, 0.5) is 0 Å². The number of hydrogen-bond acceptors (Lipinski definition) is 2. The standard InChI is InChI=1S/C13H25ClO2/c1-4-6-7-12(5-2)9-8-11(3)16-13(15)10-14/h11-12H,4-10H2,1-3H3. The summed E-state index contributed by atoms with van der Waals surface area (Å²) in [5, 5.41) is 0. The predicted molar refractivity (Wildman–Crippen MR) is 68.8 cm³/mol. The van der Waals surface area contributed by atoms with E-state index < -0.39 is 0 Å². The number of esters is 1. The zero-order valence-electron chi connectivity index (χ0n) is 10.8. The molecular weight excluding hydrogens is 224 g/mol. The van der Waals surface area contributed by atoms with Crippen molar-refractivity contribution in [3.63, 3.8) is 0 Å². The van der Waals surface area contributed by atoms with Crippen LogP contribution < -0.4 is 0 Å². The number of unbranched alkanes of at least 4 members (excludes halogenated alkanes) is 1. The molecule has 0 N–H and O–H groups in total. The van der Waals surface area contributed by atoms with E-state index in [-0.39, 0.29) is 18.0 Å². The summed E-state index contributed by atoms with van der Waals surface area (Å²) in [6.07, 6.45) is 7.17. The minimum Gasteiger partial charge on any atom is -0.462 e. The minimum atomic E-state index is -0.309. The molecule has 0 aromatic heterocycles. The molecule has 0 saturated heterocycles. The fourth-order valence-corrected chi connectivity index (χ4v) is 1.89. The molecule has 2 unspecified atom stereocenters. The molecule has 0 fully saturated rings.